The summed E-state index contributed by atoms with van der Waals surface area (Å²) in [7, 11) is 0. The first-order valence-electron chi connectivity index (χ1n) is 6.93. The fourth-order valence-electron chi connectivity index (χ4n) is 2.50. The quantitative estimate of drug-likeness (QED) is 0.849. The van der Waals surface area contributed by atoms with Gasteiger partial charge in [-0.2, -0.15) is 0 Å². The van der Waals surface area contributed by atoms with Crippen LogP contribution in [0.25, 0.3) is 0 Å². The number of aryl methyl sites for hydroxylation is 2. The van der Waals surface area contributed by atoms with Gasteiger partial charge in [-0.1, -0.05) is 20.3 Å². The summed E-state index contributed by atoms with van der Waals surface area (Å²) < 4.78 is 0. The molecule has 1 unspecified atom stereocenters. The Morgan fingerprint density at radius 1 is 1.41 bits per heavy atom. The van der Waals surface area contributed by atoms with Crippen LogP contribution in [0.4, 0.5) is 0 Å². The summed E-state index contributed by atoms with van der Waals surface area (Å²) in [5, 5.41) is 3.52. The second-order valence-corrected chi connectivity index (χ2v) is 4.79. The van der Waals surface area contributed by atoms with Gasteiger partial charge < -0.3 is 5.32 Å². The van der Waals surface area contributed by atoms with Crippen molar-refractivity contribution >= 4 is 0 Å². The molecule has 3 heteroatoms. The second-order valence-electron chi connectivity index (χ2n) is 4.79. The highest BCUT2D eigenvalue weighted by Crippen LogP contribution is 2.27. The molecule has 0 aromatic carbocycles. The summed E-state index contributed by atoms with van der Waals surface area (Å²) in [4.78, 5) is 9.24. The Bertz CT molecular complexity index is 362. The number of unbranched alkanes of at least 4 members (excludes halogenated alkanes) is 1. The average Bonchev–Trinajstić information content (AvgIpc) is 2.37. The SMILES string of the molecule is CCCCc1ncc2c(n1)CCCC2NCC. The zero-order valence-electron chi connectivity index (χ0n) is 11.0. The zero-order chi connectivity index (χ0) is 12.1. The Balaban J connectivity index is 2.14. The zero-order valence-corrected chi connectivity index (χ0v) is 11.0. The minimum absolute atomic E-state index is 0.476. The number of aromatic nitrogens is 2. The third-order valence-corrected chi connectivity index (χ3v) is 3.44. The Morgan fingerprint density at radius 2 is 2.29 bits per heavy atom. The molecule has 0 radical (unpaired) electrons. The van der Waals surface area contributed by atoms with Gasteiger partial charge in [-0.05, 0) is 32.2 Å². The number of hydrogen-bond acceptors (Lipinski definition) is 3. The molecule has 2 rings (SSSR count). The lowest BCUT2D eigenvalue weighted by Crippen LogP contribution is -2.26. The molecule has 94 valence electrons. The van der Waals surface area contributed by atoms with E-state index in [-0.39, 0.29) is 0 Å². The van der Waals surface area contributed by atoms with Crippen molar-refractivity contribution in [3.8, 4) is 0 Å². The van der Waals surface area contributed by atoms with Crippen LogP contribution in [0.15, 0.2) is 6.20 Å². The van der Waals surface area contributed by atoms with E-state index >= 15 is 0 Å². The van der Waals surface area contributed by atoms with Gasteiger partial charge in [-0.15, -0.1) is 0 Å². The summed E-state index contributed by atoms with van der Waals surface area (Å²) in [5.74, 6) is 1.03. The van der Waals surface area contributed by atoms with Crippen LogP contribution in [0, 0.1) is 0 Å². The lowest BCUT2D eigenvalue weighted by atomic mass is 9.92. The molecule has 1 aromatic heterocycles. The molecule has 1 N–H and O–H groups in total. The summed E-state index contributed by atoms with van der Waals surface area (Å²) in [6.07, 6.45) is 9.07. The molecule has 0 fully saturated rings. The summed E-state index contributed by atoms with van der Waals surface area (Å²) in [6, 6.07) is 0.476. The van der Waals surface area contributed by atoms with Crippen molar-refractivity contribution in [1.29, 1.82) is 0 Å². The van der Waals surface area contributed by atoms with E-state index in [0.717, 1.165) is 25.2 Å². The molecule has 1 aliphatic carbocycles. The fourth-order valence-corrected chi connectivity index (χ4v) is 2.50. The molecular formula is C14H23N3. The maximum absolute atomic E-state index is 4.73. The van der Waals surface area contributed by atoms with Gasteiger partial charge in [0, 0.05) is 29.9 Å². The number of fused-ring (bicyclic) bond motifs is 1. The van der Waals surface area contributed by atoms with Gasteiger partial charge >= 0.3 is 0 Å². The lowest BCUT2D eigenvalue weighted by Gasteiger charge is -2.25. The van der Waals surface area contributed by atoms with E-state index in [1.807, 2.05) is 0 Å². The minimum atomic E-state index is 0.476. The molecule has 0 saturated heterocycles. The maximum atomic E-state index is 4.73. The van der Waals surface area contributed by atoms with Crippen molar-refractivity contribution in [2.24, 2.45) is 0 Å². The highest BCUT2D eigenvalue weighted by atomic mass is 14.9. The lowest BCUT2D eigenvalue weighted by molar-refractivity contribution is 0.462. The maximum Gasteiger partial charge on any atom is 0.128 e. The van der Waals surface area contributed by atoms with Crippen LogP contribution < -0.4 is 5.32 Å². The van der Waals surface area contributed by atoms with Crippen molar-refractivity contribution in [2.75, 3.05) is 6.54 Å². The normalized spacial score (nSPS) is 19.1. The van der Waals surface area contributed by atoms with Crippen LogP contribution in [0.3, 0.4) is 0 Å². The van der Waals surface area contributed by atoms with E-state index < -0.39 is 0 Å². The van der Waals surface area contributed by atoms with Crippen LogP contribution in [0.2, 0.25) is 0 Å². The van der Waals surface area contributed by atoms with Gasteiger partial charge in [0.15, 0.2) is 0 Å². The van der Waals surface area contributed by atoms with E-state index in [2.05, 4.69) is 30.3 Å². The molecule has 0 aliphatic heterocycles. The van der Waals surface area contributed by atoms with Gasteiger partial charge in [0.05, 0.1) is 0 Å². The third-order valence-electron chi connectivity index (χ3n) is 3.44. The van der Waals surface area contributed by atoms with Crippen LogP contribution in [0.1, 0.15) is 62.7 Å². The van der Waals surface area contributed by atoms with Crippen molar-refractivity contribution in [2.45, 2.75) is 58.4 Å². The van der Waals surface area contributed by atoms with Gasteiger partial charge in [0.25, 0.3) is 0 Å². The van der Waals surface area contributed by atoms with E-state index in [1.54, 1.807) is 0 Å². The van der Waals surface area contributed by atoms with Crippen LogP contribution in [0.5, 0.6) is 0 Å². The minimum Gasteiger partial charge on any atom is -0.310 e. The highest BCUT2D eigenvalue weighted by Gasteiger charge is 2.21. The summed E-state index contributed by atoms with van der Waals surface area (Å²) in [5.41, 5.74) is 2.61. The molecule has 0 spiro atoms. The Morgan fingerprint density at radius 3 is 3.06 bits per heavy atom. The molecule has 1 aromatic rings. The summed E-state index contributed by atoms with van der Waals surface area (Å²) >= 11 is 0. The number of hydrogen-bond donors (Lipinski definition) is 1. The van der Waals surface area contributed by atoms with Gasteiger partial charge in [-0.3, -0.25) is 0 Å². The largest absolute Gasteiger partial charge is 0.310 e. The molecule has 0 bridgehead atoms. The predicted octanol–water partition coefficient (Wildman–Crippen LogP) is 2.81. The van der Waals surface area contributed by atoms with Crippen LogP contribution >= 0.6 is 0 Å². The second kappa shape index (κ2) is 6.10. The summed E-state index contributed by atoms with van der Waals surface area (Å²) in [6.45, 7) is 5.38. The highest BCUT2D eigenvalue weighted by molar-refractivity contribution is 5.24. The molecule has 3 nitrogen and oxygen atoms in total. The number of nitrogens with zero attached hydrogens (tertiary/aromatic N) is 2. The molecule has 1 atom stereocenters. The van der Waals surface area contributed by atoms with Crippen LogP contribution in [-0.4, -0.2) is 16.5 Å². The fraction of sp³-hybridized carbons (Fsp3) is 0.714. The van der Waals surface area contributed by atoms with E-state index in [4.69, 9.17) is 4.98 Å². The first-order chi connectivity index (χ1) is 8.35. The smallest absolute Gasteiger partial charge is 0.128 e. The van der Waals surface area contributed by atoms with E-state index in [9.17, 15) is 0 Å². The van der Waals surface area contributed by atoms with Crippen molar-refractivity contribution in [1.82, 2.24) is 15.3 Å². The standard InChI is InChI=1S/C14H23N3/c1-3-5-9-14-16-10-11-12(15-4-2)7-6-8-13(11)17-14/h10,12,15H,3-9H2,1-2H3. The number of nitrogens with one attached hydrogen (secondary N) is 1. The Labute approximate surface area is 104 Å². The monoisotopic (exact) mass is 233 g/mol. The first kappa shape index (κ1) is 12.5. The molecule has 1 heterocycles. The van der Waals surface area contributed by atoms with Crippen molar-refractivity contribution in [3.05, 3.63) is 23.3 Å². The molecule has 1 aliphatic rings. The third kappa shape index (κ3) is 3.03. The van der Waals surface area contributed by atoms with Gasteiger partial charge in [-0.25, -0.2) is 9.97 Å². The molecule has 0 amide bonds. The Kier molecular flexibility index (Phi) is 4.49. The molecule has 17 heavy (non-hydrogen) atoms. The first-order valence-corrected chi connectivity index (χ1v) is 6.93. The molecular weight excluding hydrogens is 210 g/mol. The number of rotatable bonds is 5. The van der Waals surface area contributed by atoms with Gasteiger partial charge in [0.1, 0.15) is 5.82 Å². The molecule has 0 saturated carbocycles. The Hall–Kier alpha value is -0.960. The van der Waals surface area contributed by atoms with Crippen LogP contribution in [-0.2, 0) is 12.8 Å². The topological polar surface area (TPSA) is 37.8 Å². The van der Waals surface area contributed by atoms with Crippen molar-refractivity contribution < 1.29 is 0 Å². The van der Waals surface area contributed by atoms with E-state index in [1.165, 1.54) is 36.9 Å². The van der Waals surface area contributed by atoms with Crippen molar-refractivity contribution in [3.63, 3.8) is 0 Å². The van der Waals surface area contributed by atoms with E-state index in [0.29, 0.717) is 6.04 Å². The average molecular weight is 233 g/mol. The predicted molar refractivity (Wildman–Crippen MR) is 70.0 cm³/mol. The van der Waals surface area contributed by atoms with Gasteiger partial charge in [0.2, 0.25) is 0 Å².